The molecule has 4 heteroatoms. The molecule has 2 nitrogen and oxygen atoms in total. The summed E-state index contributed by atoms with van der Waals surface area (Å²) in [5.41, 5.74) is 0.476. The summed E-state index contributed by atoms with van der Waals surface area (Å²) in [6.45, 7) is 2.44. The minimum Gasteiger partial charge on any atom is -0.396 e. The number of halogens is 2. The topological polar surface area (TPSA) is 32.3 Å². The lowest BCUT2D eigenvalue weighted by molar-refractivity contribution is 0.268. The SMILES string of the molecule is CC(CCO)NCc1c(F)cccc1Cl. The molecule has 0 heterocycles. The van der Waals surface area contributed by atoms with E-state index in [0.29, 0.717) is 23.6 Å². The van der Waals surface area contributed by atoms with Gasteiger partial charge in [0, 0.05) is 29.8 Å². The predicted octanol–water partition coefficient (Wildman–Crippen LogP) is 2.34. The van der Waals surface area contributed by atoms with Crippen LogP contribution in [0.5, 0.6) is 0 Å². The van der Waals surface area contributed by atoms with Gasteiger partial charge in [0.1, 0.15) is 5.82 Å². The molecule has 84 valence electrons. The van der Waals surface area contributed by atoms with E-state index in [4.69, 9.17) is 16.7 Å². The highest BCUT2D eigenvalue weighted by molar-refractivity contribution is 6.31. The van der Waals surface area contributed by atoms with Crippen molar-refractivity contribution >= 4 is 11.6 Å². The second-order valence-electron chi connectivity index (χ2n) is 3.49. The van der Waals surface area contributed by atoms with E-state index in [9.17, 15) is 4.39 Å². The molecule has 0 aliphatic carbocycles. The largest absolute Gasteiger partial charge is 0.396 e. The lowest BCUT2D eigenvalue weighted by Crippen LogP contribution is -2.26. The van der Waals surface area contributed by atoms with Gasteiger partial charge in [-0.3, -0.25) is 0 Å². The summed E-state index contributed by atoms with van der Waals surface area (Å²) in [6.07, 6.45) is 0.645. The van der Waals surface area contributed by atoms with Crippen LogP contribution in [-0.4, -0.2) is 17.8 Å². The van der Waals surface area contributed by atoms with Crippen molar-refractivity contribution < 1.29 is 9.50 Å². The Morgan fingerprint density at radius 2 is 2.27 bits per heavy atom. The lowest BCUT2D eigenvalue weighted by Gasteiger charge is -2.13. The summed E-state index contributed by atoms with van der Waals surface area (Å²) in [5.74, 6) is -0.300. The molecule has 0 aromatic heterocycles. The Kier molecular flexibility index (Phi) is 5.02. The molecular weight excluding hydrogens is 217 g/mol. The minimum atomic E-state index is -0.300. The Hall–Kier alpha value is -0.640. The van der Waals surface area contributed by atoms with Crippen LogP contribution in [0.25, 0.3) is 0 Å². The first kappa shape index (κ1) is 12.4. The maximum atomic E-state index is 13.3. The Morgan fingerprint density at radius 1 is 1.53 bits per heavy atom. The standard InChI is InChI=1S/C11H15ClFNO/c1-8(5-6-15)14-7-9-10(12)3-2-4-11(9)13/h2-4,8,14-15H,5-7H2,1H3. The van der Waals surface area contributed by atoms with E-state index in [1.54, 1.807) is 12.1 Å². The van der Waals surface area contributed by atoms with Gasteiger partial charge in [-0.2, -0.15) is 0 Å². The average Bonchev–Trinajstić information content (AvgIpc) is 2.17. The van der Waals surface area contributed by atoms with Gasteiger partial charge in [-0.25, -0.2) is 4.39 Å². The van der Waals surface area contributed by atoms with Crippen LogP contribution in [0.15, 0.2) is 18.2 Å². The number of hydrogen-bond acceptors (Lipinski definition) is 2. The third-order valence-electron chi connectivity index (χ3n) is 2.25. The monoisotopic (exact) mass is 231 g/mol. The Bertz CT molecular complexity index is 299. The summed E-state index contributed by atoms with van der Waals surface area (Å²) < 4.78 is 13.3. The molecule has 0 radical (unpaired) electrons. The molecule has 0 amide bonds. The fourth-order valence-corrected chi connectivity index (χ4v) is 1.50. The molecule has 0 bridgehead atoms. The van der Waals surface area contributed by atoms with E-state index >= 15 is 0 Å². The molecule has 15 heavy (non-hydrogen) atoms. The predicted molar refractivity (Wildman–Crippen MR) is 59.4 cm³/mol. The van der Waals surface area contributed by atoms with Crippen LogP contribution in [0.3, 0.4) is 0 Å². The Labute approximate surface area is 94.1 Å². The second-order valence-corrected chi connectivity index (χ2v) is 3.90. The summed E-state index contributed by atoms with van der Waals surface area (Å²) in [6, 6.07) is 4.78. The van der Waals surface area contributed by atoms with Gasteiger partial charge in [-0.15, -0.1) is 0 Å². The van der Waals surface area contributed by atoms with Crippen LogP contribution >= 0.6 is 11.6 Å². The number of hydrogen-bond donors (Lipinski definition) is 2. The number of rotatable bonds is 5. The molecule has 0 spiro atoms. The first-order chi connectivity index (χ1) is 7.15. The van der Waals surface area contributed by atoms with E-state index in [2.05, 4.69) is 5.32 Å². The zero-order valence-corrected chi connectivity index (χ0v) is 9.39. The van der Waals surface area contributed by atoms with Gasteiger partial charge in [0.05, 0.1) is 0 Å². The zero-order chi connectivity index (χ0) is 11.3. The van der Waals surface area contributed by atoms with Gasteiger partial charge >= 0.3 is 0 Å². The van der Waals surface area contributed by atoms with Crippen molar-refractivity contribution in [1.82, 2.24) is 5.32 Å². The van der Waals surface area contributed by atoms with E-state index in [1.165, 1.54) is 6.07 Å². The Balaban J connectivity index is 2.57. The first-order valence-corrected chi connectivity index (χ1v) is 5.30. The first-order valence-electron chi connectivity index (χ1n) is 4.92. The maximum absolute atomic E-state index is 13.3. The Morgan fingerprint density at radius 3 is 2.87 bits per heavy atom. The van der Waals surface area contributed by atoms with Crippen molar-refractivity contribution in [3.8, 4) is 0 Å². The van der Waals surface area contributed by atoms with Crippen LogP contribution in [0.4, 0.5) is 4.39 Å². The van der Waals surface area contributed by atoms with E-state index in [-0.39, 0.29) is 18.5 Å². The quantitative estimate of drug-likeness (QED) is 0.815. The van der Waals surface area contributed by atoms with Crippen LogP contribution < -0.4 is 5.32 Å². The zero-order valence-electron chi connectivity index (χ0n) is 8.63. The number of aliphatic hydroxyl groups excluding tert-OH is 1. The van der Waals surface area contributed by atoms with Gasteiger partial charge < -0.3 is 10.4 Å². The van der Waals surface area contributed by atoms with Crippen molar-refractivity contribution in [2.24, 2.45) is 0 Å². The summed E-state index contributed by atoms with van der Waals surface area (Å²) in [4.78, 5) is 0. The van der Waals surface area contributed by atoms with E-state index < -0.39 is 0 Å². The molecular formula is C11H15ClFNO. The highest BCUT2D eigenvalue weighted by Crippen LogP contribution is 2.18. The molecule has 0 aliphatic rings. The van der Waals surface area contributed by atoms with Gasteiger partial charge in [0.2, 0.25) is 0 Å². The average molecular weight is 232 g/mol. The van der Waals surface area contributed by atoms with Gasteiger partial charge in [0.15, 0.2) is 0 Å². The molecule has 0 aliphatic heterocycles. The third-order valence-corrected chi connectivity index (χ3v) is 2.61. The van der Waals surface area contributed by atoms with Gasteiger partial charge in [-0.05, 0) is 25.5 Å². The number of benzene rings is 1. The third kappa shape index (κ3) is 3.78. The summed E-state index contributed by atoms with van der Waals surface area (Å²) >= 11 is 5.86. The molecule has 1 aromatic carbocycles. The van der Waals surface area contributed by atoms with Crippen LogP contribution in [0, 0.1) is 5.82 Å². The normalized spacial score (nSPS) is 12.8. The maximum Gasteiger partial charge on any atom is 0.129 e. The molecule has 0 fully saturated rings. The fourth-order valence-electron chi connectivity index (χ4n) is 1.27. The molecule has 1 unspecified atom stereocenters. The highest BCUT2D eigenvalue weighted by atomic mass is 35.5. The van der Waals surface area contributed by atoms with Crippen molar-refractivity contribution in [2.45, 2.75) is 25.9 Å². The van der Waals surface area contributed by atoms with Crippen molar-refractivity contribution in [2.75, 3.05) is 6.61 Å². The second kappa shape index (κ2) is 6.05. The molecule has 0 saturated heterocycles. The highest BCUT2D eigenvalue weighted by Gasteiger charge is 2.07. The van der Waals surface area contributed by atoms with Gasteiger partial charge in [-0.1, -0.05) is 17.7 Å². The molecule has 1 aromatic rings. The van der Waals surface area contributed by atoms with E-state index in [1.807, 2.05) is 6.92 Å². The van der Waals surface area contributed by atoms with Crippen LogP contribution in [0.1, 0.15) is 18.9 Å². The van der Waals surface area contributed by atoms with Crippen molar-refractivity contribution in [3.05, 3.63) is 34.6 Å². The molecule has 2 N–H and O–H groups in total. The van der Waals surface area contributed by atoms with Gasteiger partial charge in [0.25, 0.3) is 0 Å². The fraction of sp³-hybridized carbons (Fsp3) is 0.455. The van der Waals surface area contributed by atoms with Crippen molar-refractivity contribution in [1.29, 1.82) is 0 Å². The van der Waals surface area contributed by atoms with Crippen LogP contribution in [0.2, 0.25) is 5.02 Å². The number of aliphatic hydroxyl groups is 1. The smallest absolute Gasteiger partial charge is 0.129 e. The lowest BCUT2D eigenvalue weighted by atomic mass is 10.2. The molecule has 1 rings (SSSR count). The molecule has 1 atom stereocenters. The summed E-state index contributed by atoms with van der Waals surface area (Å²) in [7, 11) is 0. The molecule has 0 saturated carbocycles. The minimum absolute atomic E-state index is 0.124. The van der Waals surface area contributed by atoms with Crippen LogP contribution in [-0.2, 0) is 6.54 Å². The van der Waals surface area contributed by atoms with Crippen molar-refractivity contribution in [3.63, 3.8) is 0 Å². The van der Waals surface area contributed by atoms with E-state index in [0.717, 1.165) is 0 Å². The number of nitrogens with one attached hydrogen (secondary N) is 1. The summed E-state index contributed by atoms with van der Waals surface area (Å²) in [5, 5.41) is 12.2.